The van der Waals surface area contributed by atoms with E-state index in [1.54, 1.807) is 0 Å². The highest BCUT2D eigenvalue weighted by Crippen LogP contribution is 2.06. The summed E-state index contributed by atoms with van der Waals surface area (Å²) < 4.78 is 0. The molecular weight excluding hydrogens is 164 g/mol. The van der Waals surface area contributed by atoms with E-state index in [1.165, 1.54) is 0 Å². The number of rotatable bonds is 1. The fraction of sp³-hybridized carbons (Fsp3) is 0.889. The maximum absolute atomic E-state index is 5.85. The highest BCUT2D eigenvalue weighted by Gasteiger charge is 2.22. The number of aliphatic imine (C=N–C) groups is 1. The van der Waals surface area contributed by atoms with Crippen LogP contribution in [0.4, 0.5) is 0 Å². The highest BCUT2D eigenvalue weighted by molar-refractivity contribution is 5.78. The first-order valence-electron chi connectivity index (χ1n) is 4.90. The third-order valence-corrected chi connectivity index (χ3v) is 2.44. The van der Waals surface area contributed by atoms with Crippen LogP contribution in [0.1, 0.15) is 13.8 Å². The summed E-state index contributed by atoms with van der Waals surface area (Å²) in [6.45, 7) is 8.10. The number of nitrogens with two attached hydrogens (primary N) is 1. The average Bonchev–Trinajstić information content (AvgIpc) is 2.04. The number of likely N-dealkylation sites (N-methyl/N-ethyl adjacent to an activating group) is 1. The summed E-state index contributed by atoms with van der Waals surface area (Å²) in [6, 6.07) is 0.481. The normalized spacial score (nSPS) is 26.5. The molecule has 0 aromatic heterocycles. The van der Waals surface area contributed by atoms with E-state index in [0.29, 0.717) is 12.0 Å². The minimum absolute atomic E-state index is 0.481. The van der Waals surface area contributed by atoms with Crippen LogP contribution in [0.15, 0.2) is 4.99 Å². The van der Waals surface area contributed by atoms with Crippen LogP contribution in [0.5, 0.6) is 0 Å². The van der Waals surface area contributed by atoms with Gasteiger partial charge < -0.3 is 15.5 Å². The van der Waals surface area contributed by atoms with Gasteiger partial charge in [0, 0.05) is 32.2 Å². The largest absolute Gasteiger partial charge is 0.370 e. The molecule has 13 heavy (non-hydrogen) atoms. The standard InChI is InChI=1S/C9H20N4/c1-4-11-9(10)13-6-5-12(3)7-8(13)2/h8H,4-7H2,1-3H3,(H2,10,11). The molecule has 0 radical (unpaired) electrons. The maximum atomic E-state index is 5.85. The van der Waals surface area contributed by atoms with Crippen molar-refractivity contribution in [1.29, 1.82) is 0 Å². The van der Waals surface area contributed by atoms with Gasteiger partial charge >= 0.3 is 0 Å². The lowest BCUT2D eigenvalue weighted by Gasteiger charge is -2.38. The van der Waals surface area contributed by atoms with Gasteiger partial charge in [0.1, 0.15) is 0 Å². The molecule has 0 amide bonds. The van der Waals surface area contributed by atoms with E-state index in [0.717, 1.165) is 26.2 Å². The van der Waals surface area contributed by atoms with Crippen LogP contribution in [-0.4, -0.2) is 55.0 Å². The molecule has 1 fully saturated rings. The van der Waals surface area contributed by atoms with Gasteiger partial charge in [-0.3, -0.25) is 4.99 Å². The summed E-state index contributed by atoms with van der Waals surface area (Å²) in [5.74, 6) is 0.697. The Balaban J connectivity index is 2.55. The van der Waals surface area contributed by atoms with Gasteiger partial charge in [0.2, 0.25) is 0 Å². The molecular formula is C9H20N4. The second-order valence-corrected chi connectivity index (χ2v) is 3.64. The minimum Gasteiger partial charge on any atom is -0.370 e. The molecule has 0 aliphatic carbocycles. The molecule has 1 atom stereocenters. The zero-order chi connectivity index (χ0) is 9.84. The van der Waals surface area contributed by atoms with E-state index in [-0.39, 0.29) is 0 Å². The Hall–Kier alpha value is -0.770. The van der Waals surface area contributed by atoms with Crippen LogP contribution >= 0.6 is 0 Å². The van der Waals surface area contributed by atoms with Crippen molar-refractivity contribution < 1.29 is 0 Å². The van der Waals surface area contributed by atoms with Crippen LogP contribution in [0.25, 0.3) is 0 Å². The van der Waals surface area contributed by atoms with Crippen molar-refractivity contribution in [2.24, 2.45) is 10.7 Å². The molecule has 4 nitrogen and oxygen atoms in total. The summed E-state index contributed by atoms with van der Waals surface area (Å²) >= 11 is 0. The maximum Gasteiger partial charge on any atom is 0.191 e. The molecule has 0 bridgehead atoms. The van der Waals surface area contributed by atoms with Crippen molar-refractivity contribution in [2.45, 2.75) is 19.9 Å². The van der Waals surface area contributed by atoms with Crippen LogP contribution in [0.3, 0.4) is 0 Å². The van der Waals surface area contributed by atoms with Gasteiger partial charge in [-0.15, -0.1) is 0 Å². The van der Waals surface area contributed by atoms with Gasteiger partial charge in [0.05, 0.1) is 0 Å². The summed E-state index contributed by atoms with van der Waals surface area (Å²) in [6.07, 6.45) is 0. The molecule has 0 spiro atoms. The molecule has 1 heterocycles. The summed E-state index contributed by atoms with van der Waals surface area (Å²) in [4.78, 5) is 8.73. The number of guanidine groups is 1. The lowest BCUT2D eigenvalue weighted by molar-refractivity contribution is 0.160. The van der Waals surface area contributed by atoms with E-state index in [1.807, 2.05) is 6.92 Å². The van der Waals surface area contributed by atoms with E-state index in [2.05, 4.69) is 28.8 Å². The SMILES string of the molecule is CCN=C(N)N1CCN(C)CC1C. The molecule has 1 aliphatic heterocycles. The molecule has 0 saturated carbocycles. The van der Waals surface area contributed by atoms with Crippen LogP contribution in [0, 0.1) is 0 Å². The van der Waals surface area contributed by atoms with Crippen molar-refractivity contribution in [2.75, 3.05) is 33.2 Å². The Morgan fingerprint density at radius 1 is 1.54 bits per heavy atom. The second kappa shape index (κ2) is 4.46. The second-order valence-electron chi connectivity index (χ2n) is 3.64. The Morgan fingerprint density at radius 3 is 2.77 bits per heavy atom. The van der Waals surface area contributed by atoms with E-state index >= 15 is 0 Å². The highest BCUT2D eigenvalue weighted by atomic mass is 15.3. The van der Waals surface area contributed by atoms with Gasteiger partial charge in [0.25, 0.3) is 0 Å². The smallest absolute Gasteiger partial charge is 0.191 e. The van der Waals surface area contributed by atoms with Crippen molar-refractivity contribution in [3.63, 3.8) is 0 Å². The fourth-order valence-corrected chi connectivity index (χ4v) is 1.73. The van der Waals surface area contributed by atoms with E-state index in [4.69, 9.17) is 5.73 Å². The molecule has 2 N–H and O–H groups in total. The fourth-order valence-electron chi connectivity index (χ4n) is 1.73. The Labute approximate surface area is 80.4 Å². The van der Waals surface area contributed by atoms with E-state index in [9.17, 15) is 0 Å². The first-order chi connectivity index (χ1) is 6.15. The average molecular weight is 184 g/mol. The Morgan fingerprint density at radius 2 is 2.23 bits per heavy atom. The number of nitrogens with zero attached hydrogens (tertiary/aromatic N) is 3. The lowest BCUT2D eigenvalue weighted by atomic mass is 10.2. The van der Waals surface area contributed by atoms with Crippen molar-refractivity contribution in [1.82, 2.24) is 9.80 Å². The predicted molar refractivity (Wildman–Crippen MR) is 55.8 cm³/mol. The number of piperazine rings is 1. The van der Waals surface area contributed by atoms with Crippen LogP contribution in [-0.2, 0) is 0 Å². The zero-order valence-corrected chi connectivity index (χ0v) is 8.82. The van der Waals surface area contributed by atoms with Crippen LogP contribution < -0.4 is 5.73 Å². The molecule has 4 heteroatoms. The van der Waals surface area contributed by atoms with Crippen molar-refractivity contribution in [3.8, 4) is 0 Å². The van der Waals surface area contributed by atoms with Gasteiger partial charge in [0.15, 0.2) is 5.96 Å². The zero-order valence-electron chi connectivity index (χ0n) is 8.82. The molecule has 76 valence electrons. The van der Waals surface area contributed by atoms with Crippen molar-refractivity contribution in [3.05, 3.63) is 0 Å². The molecule has 0 aromatic rings. The van der Waals surface area contributed by atoms with Gasteiger partial charge in [-0.25, -0.2) is 0 Å². The van der Waals surface area contributed by atoms with Crippen molar-refractivity contribution >= 4 is 5.96 Å². The molecule has 0 aromatic carbocycles. The topological polar surface area (TPSA) is 44.9 Å². The Kier molecular flexibility index (Phi) is 3.54. The summed E-state index contributed by atoms with van der Waals surface area (Å²) in [7, 11) is 2.14. The molecule has 1 rings (SSSR count). The first kappa shape index (κ1) is 10.3. The first-order valence-corrected chi connectivity index (χ1v) is 4.90. The number of hydrogen-bond donors (Lipinski definition) is 1. The predicted octanol–water partition coefficient (Wildman–Crippen LogP) is -0.0431. The molecule has 1 unspecified atom stereocenters. The number of hydrogen-bond acceptors (Lipinski definition) is 2. The molecule has 1 aliphatic rings. The summed E-state index contributed by atoms with van der Waals surface area (Å²) in [5, 5.41) is 0. The monoisotopic (exact) mass is 184 g/mol. The summed E-state index contributed by atoms with van der Waals surface area (Å²) in [5.41, 5.74) is 5.85. The minimum atomic E-state index is 0.481. The van der Waals surface area contributed by atoms with Gasteiger partial charge in [-0.2, -0.15) is 0 Å². The van der Waals surface area contributed by atoms with E-state index < -0.39 is 0 Å². The van der Waals surface area contributed by atoms with Gasteiger partial charge in [-0.1, -0.05) is 0 Å². The van der Waals surface area contributed by atoms with Gasteiger partial charge in [-0.05, 0) is 20.9 Å². The quantitative estimate of drug-likeness (QED) is 0.459. The third kappa shape index (κ3) is 2.59. The van der Waals surface area contributed by atoms with Crippen LogP contribution in [0.2, 0.25) is 0 Å². The molecule has 1 saturated heterocycles. The lowest BCUT2D eigenvalue weighted by Crippen LogP contribution is -2.55. The Bertz CT molecular complexity index is 190. The third-order valence-electron chi connectivity index (χ3n) is 2.44.